The third-order valence-corrected chi connectivity index (χ3v) is 6.84. The SMILES string of the molecule is COc1ccc(OCCN2CCN(S(=O)(=O)c3ccccc3C)CC2)cc1. The fourth-order valence-electron chi connectivity index (χ4n) is 3.14. The van der Waals surface area contributed by atoms with E-state index in [0.29, 0.717) is 37.7 Å². The maximum atomic E-state index is 12.8. The molecule has 2 aromatic carbocycles. The van der Waals surface area contributed by atoms with Crippen molar-refractivity contribution in [2.24, 2.45) is 0 Å². The molecule has 1 fully saturated rings. The van der Waals surface area contributed by atoms with Crippen LogP contribution in [0.15, 0.2) is 53.4 Å². The minimum absolute atomic E-state index is 0.404. The first kappa shape index (κ1) is 19.7. The number of methoxy groups -OCH3 is 1. The predicted molar refractivity (Wildman–Crippen MR) is 105 cm³/mol. The molecule has 27 heavy (non-hydrogen) atoms. The van der Waals surface area contributed by atoms with Crippen LogP contribution in [0.1, 0.15) is 5.56 Å². The molecular formula is C20H26N2O4S. The molecule has 0 aliphatic carbocycles. The van der Waals surface area contributed by atoms with E-state index >= 15 is 0 Å². The van der Waals surface area contributed by atoms with E-state index in [2.05, 4.69) is 4.90 Å². The normalized spacial score (nSPS) is 16.2. The minimum atomic E-state index is -3.42. The van der Waals surface area contributed by atoms with Gasteiger partial charge in [0.25, 0.3) is 0 Å². The third-order valence-electron chi connectivity index (χ3n) is 4.78. The summed E-state index contributed by atoms with van der Waals surface area (Å²) in [5.74, 6) is 1.60. The molecular weight excluding hydrogens is 364 g/mol. The second-order valence-electron chi connectivity index (χ2n) is 6.54. The Bertz CT molecular complexity index is 845. The molecule has 0 N–H and O–H groups in total. The number of piperazine rings is 1. The highest BCUT2D eigenvalue weighted by molar-refractivity contribution is 7.89. The van der Waals surface area contributed by atoms with Crippen LogP contribution in [0.2, 0.25) is 0 Å². The fraction of sp³-hybridized carbons (Fsp3) is 0.400. The molecule has 2 aromatic rings. The zero-order valence-corrected chi connectivity index (χ0v) is 16.6. The molecule has 1 aliphatic rings. The Balaban J connectivity index is 1.48. The van der Waals surface area contributed by atoms with Crippen molar-refractivity contribution in [3.05, 3.63) is 54.1 Å². The summed E-state index contributed by atoms with van der Waals surface area (Å²) in [5.41, 5.74) is 0.785. The molecule has 0 spiro atoms. The summed E-state index contributed by atoms with van der Waals surface area (Å²) in [6, 6.07) is 14.6. The summed E-state index contributed by atoms with van der Waals surface area (Å²) in [6.45, 7) is 5.58. The van der Waals surface area contributed by atoms with Gasteiger partial charge >= 0.3 is 0 Å². The predicted octanol–water partition coefficient (Wildman–Crippen LogP) is 2.39. The molecule has 0 amide bonds. The molecule has 1 saturated heterocycles. The molecule has 6 nitrogen and oxygen atoms in total. The van der Waals surface area contributed by atoms with Gasteiger partial charge in [-0.1, -0.05) is 18.2 Å². The first-order valence-electron chi connectivity index (χ1n) is 9.06. The quantitative estimate of drug-likeness (QED) is 0.727. The summed E-state index contributed by atoms with van der Waals surface area (Å²) >= 11 is 0. The molecule has 1 heterocycles. The Kier molecular flexibility index (Phi) is 6.36. The van der Waals surface area contributed by atoms with Gasteiger partial charge in [-0.2, -0.15) is 4.31 Å². The highest BCUT2D eigenvalue weighted by Crippen LogP contribution is 2.21. The summed E-state index contributed by atoms with van der Waals surface area (Å²) in [4.78, 5) is 2.63. The van der Waals surface area contributed by atoms with Gasteiger partial charge in [0.2, 0.25) is 10.0 Å². The largest absolute Gasteiger partial charge is 0.497 e. The lowest BCUT2D eigenvalue weighted by Crippen LogP contribution is -2.49. The van der Waals surface area contributed by atoms with Gasteiger partial charge in [0.05, 0.1) is 12.0 Å². The topological polar surface area (TPSA) is 59.1 Å². The van der Waals surface area contributed by atoms with Crippen LogP contribution >= 0.6 is 0 Å². The highest BCUT2D eigenvalue weighted by atomic mass is 32.2. The molecule has 0 radical (unpaired) electrons. The van der Waals surface area contributed by atoms with E-state index in [0.717, 1.165) is 23.6 Å². The van der Waals surface area contributed by atoms with Crippen LogP contribution in [-0.2, 0) is 10.0 Å². The Morgan fingerprint density at radius 3 is 2.19 bits per heavy atom. The average molecular weight is 391 g/mol. The summed E-state index contributed by atoms with van der Waals surface area (Å²) < 4.78 is 38.1. The van der Waals surface area contributed by atoms with Gasteiger partial charge in [0, 0.05) is 32.7 Å². The van der Waals surface area contributed by atoms with Gasteiger partial charge in [-0.05, 0) is 42.8 Å². The maximum absolute atomic E-state index is 12.8. The number of aryl methyl sites for hydroxylation is 1. The number of ether oxygens (including phenoxy) is 2. The van der Waals surface area contributed by atoms with Crippen molar-refractivity contribution in [2.75, 3.05) is 46.4 Å². The van der Waals surface area contributed by atoms with Gasteiger partial charge in [-0.15, -0.1) is 0 Å². The maximum Gasteiger partial charge on any atom is 0.243 e. The number of nitrogens with zero attached hydrogens (tertiary/aromatic N) is 2. The molecule has 3 rings (SSSR count). The van der Waals surface area contributed by atoms with Crippen LogP contribution in [0, 0.1) is 6.92 Å². The lowest BCUT2D eigenvalue weighted by Gasteiger charge is -2.34. The van der Waals surface area contributed by atoms with Crippen molar-refractivity contribution >= 4 is 10.0 Å². The second-order valence-corrected chi connectivity index (χ2v) is 8.44. The molecule has 0 atom stereocenters. The molecule has 0 bridgehead atoms. The standard InChI is InChI=1S/C20H26N2O4S/c1-17-5-3-4-6-20(17)27(23,24)22-13-11-21(12-14-22)15-16-26-19-9-7-18(25-2)8-10-19/h3-10H,11-16H2,1-2H3. The molecule has 146 valence electrons. The van der Waals surface area contributed by atoms with Crippen LogP contribution in [0.4, 0.5) is 0 Å². The van der Waals surface area contributed by atoms with Gasteiger partial charge in [0.15, 0.2) is 0 Å². The third kappa shape index (κ3) is 4.80. The molecule has 0 unspecified atom stereocenters. The van der Waals surface area contributed by atoms with E-state index < -0.39 is 10.0 Å². The monoisotopic (exact) mass is 390 g/mol. The van der Waals surface area contributed by atoms with Crippen LogP contribution in [-0.4, -0.2) is 64.1 Å². The average Bonchev–Trinajstić information content (AvgIpc) is 2.69. The van der Waals surface area contributed by atoms with E-state index in [9.17, 15) is 8.42 Å². The Labute approximate surface area is 161 Å². The zero-order chi connectivity index (χ0) is 19.3. The first-order valence-corrected chi connectivity index (χ1v) is 10.5. The molecule has 1 aliphatic heterocycles. The Hall–Kier alpha value is -2.09. The molecule has 7 heteroatoms. The van der Waals surface area contributed by atoms with Crippen molar-refractivity contribution < 1.29 is 17.9 Å². The van der Waals surface area contributed by atoms with Gasteiger partial charge in [-0.3, -0.25) is 4.90 Å². The van der Waals surface area contributed by atoms with Crippen molar-refractivity contribution in [1.82, 2.24) is 9.21 Å². The molecule has 0 saturated carbocycles. The van der Waals surface area contributed by atoms with Crippen molar-refractivity contribution in [1.29, 1.82) is 0 Å². The smallest absolute Gasteiger partial charge is 0.243 e. The van der Waals surface area contributed by atoms with Crippen LogP contribution in [0.25, 0.3) is 0 Å². The van der Waals surface area contributed by atoms with Crippen LogP contribution < -0.4 is 9.47 Å². The minimum Gasteiger partial charge on any atom is -0.497 e. The number of hydrogen-bond acceptors (Lipinski definition) is 5. The fourth-order valence-corrected chi connectivity index (χ4v) is 4.79. The number of hydrogen-bond donors (Lipinski definition) is 0. The Morgan fingerprint density at radius 2 is 1.56 bits per heavy atom. The van der Waals surface area contributed by atoms with Crippen molar-refractivity contribution in [2.45, 2.75) is 11.8 Å². The second kappa shape index (κ2) is 8.73. The highest BCUT2D eigenvalue weighted by Gasteiger charge is 2.29. The summed E-state index contributed by atoms with van der Waals surface area (Å²) in [6.07, 6.45) is 0. The van der Waals surface area contributed by atoms with Crippen molar-refractivity contribution in [3.8, 4) is 11.5 Å². The van der Waals surface area contributed by atoms with Crippen LogP contribution in [0.5, 0.6) is 11.5 Å². The van der Waals surface area contributed by atoms with Gasteiger partial charge in [0.1, 0.15) is 18.1 Å². The number of rotatable bonds is 7. The van der Waals surface area contributed by atoms with E-state index in [-0.39, 0.29) is 0 Å². The number of benzene rings is 2. The zero-order valence-electron chi connectivity index (χ0n) is 15.8. The van der Waals surface area contributed by atoms with Crippen LogP contribution in [0.3, 0.4) is 0 Å². The summed E-state index contributed by atoms with van der Waals surface area (Å²) in [7, 11) is -1.79. The van der Waals surface area contributed by atoms with Gasteiger partial charge < -0.3 is 9.47 Å². The summed E-state index contributed by atoms with van der Waals surface area (Å²) in [5, 5.41) is 0. The molecule has 0 aromatic heterocycles. The van der Waals surface area contributed by atoms with E-state index in [1.165, 1.54) is 0 Å². The van der Waals surface area contributed by atoms with E-state index in [1.54, 1.807) is 23.5 Å². The van der Waals surface area contributed by atoms with Gasteiger partial charge in [-0.25, -0.2) is 8.42 Å². The van der Waals surface area contributed by atoms with Crippen molar-refractivity contribution in [3.63, 3.8) is 0 Å². The first-order chi connectivity index (χ1) is 13.0. The number of sulfonamides is 1. The lowest BCUT2D eigenvalue weighted by molar-refractivity contribution is 0.159. The lowest BCUT2D eigenvalue weighted by atomic mass is 10.2. The van der Waals surface area contributed by atoms with E-state index in [1.807, 2.05) is 43.3 Å². The van der Waals surface area contributed by atoms with E-state index in [4.69, 9.17) is 9.47 Å². The Morgan fingerprint density at radius 1 is 0.926 bits per heavy atom.